The summed E-state index contributed by atoms with van der Waals surface area (Å²) in [5.41, 5.74) is 1.50. The molecule has 1 unspecified atom stereocenters. The van der Waals surface area contributed by atoms with Crippen molar-refractivity contribution < 1.29 is 9.13 Å². The molecule has 2 rings (SSSR count). The number of hydrogen-bond donors (Lipinski definition) is 1. The van der Waals surface area contributed by atoms with Crippen LogP contribution in [0.2, 0.25) is 0 Å². The van der Waals surface area contributed by atoms with Gasteiger partial charge in [-0.3, -0.25) is 0 Å². The second kappa shape index (κ2) is 6.58. The van der Waals surface area contributed by atoms with Crippen LogP contribution in [-0.4, -0.2) is 6.61 Å². The number of anilines is 1. The highest BCUT2D eigenvalue weighted by Crippen LogP contribution is 2.23. The maximum atomic E-state index is 12.9. The molecule has 4 heteroatoms. The van der Waals surface area contributed by atoms with Crippen molar-refractivity contribution in [3.63, 3.8) is 0 Å². The van der Waals surface area contributed by atoms with Crippen LogP contribution in [-0.2, 0) is 0 Å². The first-order chi connectivity index (χ1) is 9.72. The van der Waals surface area contributed by atoms with Gasteiger partial charge in [0, 0.05) is 5.69 Å². The average Bonchev–Trinajstić information content (AvgIpc) is 2.47. The molecule has 2 aromatic rings. The zero-order valence-corrected chi connectivity index (χ0v) is 11.1. The first kappa shape index (κ1) is 13.9. The van der Waals surface area contributed by atoms with E-state index in [2.05, 4.69) is 11.4 Å². The maximum Gasteiger partial charge on any atom is 0.140 e. The first-order valence-corrected chi connectivity index (χ1v) is 6.37. The number of ether oxygens (including phenoxy) is 1. The molecule has 0 aromatic heterocycles. The molecule has 3 nitrogen and oxygen atoms in total. The predicted molar refractivity (Wildman–Crippen MR) is 76.0 cm³/mol. The minimum atomic E-state index is -0.513. The standard InChI is InChI=1S/C16H15FN2O/c1-2-20-15-5-3-4-12(10-15)16(11-18)19-14-8-6-13(17)7-9-14/h3-10,16,19H,2H2,1H3. The van der Waals surface area contributed by atoms with Gasteiger partial charge in [-0.05, 0) is 48.9 Å². The number of hydrogen-bond acceptors (Lipinski definition) is 3. The fourth-order valence-electron chi connectivity index (χ4n) is 1.85. The van der Waals surface area contributed by atoms with Gasteiger partial charge in [0.1, 0.15) is 17.6 Å². The van der Waals surface area contributed by atoms with E-state index in [1.165, 1.54) is 12.1 Å². The van der Waals surface area contributed by atoms with Gasteiger partial charge in [0.05, 0.1) is 12.7 Å². The van der Waals surface area contributed by atoms with Crippen LogP contribution in [0.3, 0.4) is 0 Å². The molecule has 0 aliphatic heterocycles. The van der Waals surface area contributed by atoms with Crippen LogP contribution in [0.25, 0.3) is 0 Å². The number of nitrogens with one attached hydrogen (secondary N) is 1. The van der Waals surface area contributed by atoms with Crippen molar-refractivity contribution in [2.24, 2.45) is 0 Å². The molecule has 1 atom stereocenters. The summed E-state index contributed by atoms with van der Waals surface area (Å²) >= 11 is 0. The molecule has 0 amide bonds. The van der Waals surface area contributed by atoms with E-state index in [1.807, 2.05) is 31.2 Å². The van der Waals surface area contributed by atoms with Gasteiger partial charge < -0.3 is 10.1 Å². The van der Waals surface area contributed by atoms with Gasteiger partial charge in [-0.1, -0.05) is 12.1 Å². The second-order valence-corrected chi connectivity index (χ2v) is 4.22. The molecule has 20 heavy (non-hydrogen) atoms. The third-order valence-corrected chi connectivity index (χ3v) is 2.79. The van der Waals surface area contributed by atoms with Gasteiger partial charge in [-0.25, -0.2) is 4.39 Å². The first-order valence-electron chi connectivity index (χ1n) is 6.37. The van der Waals surface area contributed by atoms with E-state index >= 15 is 0 Å². The second-order valence-electron chi connectivity index (χ2n) is 4.22. The summed E-state index contributed by atoms with van der Waals surface area (Å²) in [4.78, 5) is 0. The van der Waals surface area contributed by atoms with E-state index in [4.69, 9.17) is 4.74 Å². The average molecular weight is 270 g/mol. The van der Waals surface area contributed by atoms with Gasteiger partial charge in [-0.15, -0.1) is 0 Å². The van der Waals surface area contributed by atoms with E-state index in [1.54, 1.807) is 12.1 Å². The van der Waals surface area contributed by atoms with E-state index in [0.29, 0.717) is 12.3 Å². The fourth-order valence-corrected chi connectivity index (χ4v) is 1.85. The van der Waals surface area contributed by atoms with E-state index in [0.717, 1.165) is 11.3 Å². The summed E-state index contributed by atoms with van der Waals surface area (Å²) in [6.45, 7) is 2.48. The lowest BCUT2D eigenvalue weighted by molar-refractivity contribution is 0.340. The summed E-state index contributed by atoms with van der Waals surface area (Å²) < 4.78 is 18.3. The summed E-state index contributed by atoms with van der Waals surface area (Å²) in [5.74, 6) is 0.425. The van der Waals surface area contributed by atoms with Gasteiger partial charge in [0.25, 0.3) is 0 Å². The number of nitrogens with zero attached hydrogens (tertiary/aromatic N) is 1. The van der Waals surface area contributed by atoms with Crippen LogP contribution >= 0.6 is 0 Å². The van der Waals surface area contributed by atoms with Crippen molar-refractivity contribution in [2.45, 2.75) is 13.0 Å². The molecule has 0 radical (unpaired) electrons. The highest BCUT2D eigenvalue weighted by Gasteiger charge is 2.11. The molecule has 0 bridgehead atoms. The third kappa shape index (κ3) is 3.48. The Labute approximate surface area is 117 Å². The van der Waals surface area contributed by atoms with Gasteiger partial charge in [0.2, 0.25) is 0 Å². The Bertz CT molecular complexity index is 605. The van der Waals surface area contributed by atoms with Gasteiger partial charge in [0.15, 0.2) is 0 Å². The lowest BCUT2D eigenvalue weighted by atomic mass is 10.1. The summed E-state index contributed by atoms with van der Waals surface area (Å²) in [5, 5.41) is 12.3. The summed E-state index contributed by atoms with van der Waals surface area (Å²) in [7, 11) is 0. The quantitative estimate of drug-likeness (QED) is 0.896. The number of benzene rings is 2. The molecule has 0 spiro atoms. The topological polar surface area (TPSA) is 45.0 Å². The van der Waals surface area contributed by atoms with Crippen LogP contribution < -0.4 is 10.1 Å². The fraction of sp³-hybridized carbons (Fsp3) is 0.188. The van der Waals surface area contributed by atoms with Crippen LogP contribution in [0.5, 0.6) is 5.75 Å². The highest BCUT2D eigenvalue weighted by molar-refractivity contribution is 5.48. The molecule has 0 saturated heterocycles. The minimum Gasteiger partial charge on any atom is -0.494 e. The highest BCUT2D eigenvalue weighted by atomic mass is 19.1. The van der Waals surface area contributed by atoms with Gasteiger partial charge in [-0.2, -0.15) is 5.26 Å². The largest absolute Gasteiger partial charge is 0.494 e. The van der Waals surface area contributed by atoms with Crippen molar-refractivity contribution >= 4 is 5.69 Å². The van der Waals surface area contributed by atoms with Crippen molar-refractivity contribution in [1.82, 2.24) is 0 Å². The lowest BCUT2D eigenvalue weighted by Crippen LogP contribution is -2.08. The number of halogens is 1. The van der Waals surface area contributed by atoms with Crippen molar-refractivity contribution in [3.8, 4) is 11.8 Å². The number of rotatable bonds is 5. The van der Waals surface area contributed by atoms with Crippen LogP contribution in [0.15, 0.2) is 48.5 Å². The Kier molecular flexibility index (Phi) is 4.56. The molecule has 0 heterocycles. The molecule has 0 fully saturated rings. The van der Waals surface area contributed by atoms with Crippen molar-refractivity contribution in [3.05, 3.63) is 59.9 Å². The zero-order chi connectivity index (χ0) is 14.4. The number of nitriles is 1. The lowest BCUT2D eigenvalue weighted by Gasteiger charge is -2.14. The smallest absolute Gasteiger partial charge is 0.140 e. The third-order valence-electron chi connectivity index (χ3n) is 2.79. The Hall–Kier alpha value is -2.54. The molecular weight excluding hydrogens is 255 g/mol. The molecule has 1 N–H and O–H groups in total. The molecule has 2 aromatic carbocycles. The zero-order valence-electron chi connectivity index (χ0n) is 11.1. The van der Waals surface area contributed by atoms with Crippen LogP contribution in [0.4, 0.5) is 10.1 Å². The SMILES string of the molecule is CCOc1cccc(C(C#N)Nc2ccc(F)cc2)c1. The predicted octanol–water partition coefficient (Wildman–Crippen LogP) is 3.90. The minimum absolute atomic E-state index is 0.303. The van der Waals surface area contributed by atoms with Crippen LogP contribution in [0, 0.1) is 17.1 Å². The molecule has 102 valence electrons. The van der Waals surface area contributed by atoms with E-state index in [-0.39, 0.29) is 5.82 Å². The monoisotopic (exact) mass is 270 g/mol. The molecule has 0 aliphatic rings. The molecule has 0 saturated carbocycles. The van der Waals surface area contributed by atoms with Crippen molar-refractivity contribution in [1.29, 1.82) is 5.26 Å². The Morgan fingerprint density at radius 2 is 2.00 bits per heavy atom. The Morgan fingerprint density at radius 1 is 1.25 bits per heavy atom. The van der Waals surface area contributed by atoms with Crippen LogP contribution in [0.1, 0.15) is 18.5 Å². The van der Waals surface area contributed by atoms with Gasteiger partial charge >= 0.3 is 0 Å². The van der Waals surface area contributed by atoms with E-state index in [9.17, 15) is 9.65 Å². The molecular formula is C16H15FN2O. The molecule has 0 aliphatic carbocycles. The normalized spacial score (nSPS) is 11.4. The Morgan fingerprint density at radius 3 is 2.65 bits per heavy atom. The van der Waals surface area contributed by atoms with Crippen molar-refractivity contribution in [2.75, 3.05) is 11.9 Å². The van der Waals surface area contributed by atoms with E-state index < -0.39 is 6.04 Å². The maximum absolute atomic E-state index is 12.9. The Balaban J connectivity index is 2.17. The summed E-state index contributed by atoms with van der Waals surface area (Å²) in [6.07, 6.45) is 0. The summed E-state index contributed by atoms with van der Waals surface area (Å²) in [6, 6.07) is 15.0.